The van der Waals surface area contributed by atoms with E-state index in [4.69, 9.17) is 0 Å². The first-order valence-electron chi connectivity index (χ1n) is 9.91. The highest BCUT2D eigenvalue weighted by Gasteiger charge is 2.34. The zero-order chi connectivity index (χ0) is 15.1. The molecule has 124 valence electrons. The summed E-state index contributed by atoms with van der Waals surface area (Å²) >= 11 is 0. The van der Waals surface area contributed by atoms with Gasteiger partial charge in [-0.2, -0.15) is 0 Å². The number of hydrogen-bond acceptors (Lipinski definition) is 1. The van der Waals surface area contributed by atoms with Crippen LogP contribution < -0.4 is 5.32 Å². The first-order valence-corrected chi connectivity index (χ1v) is 9.91. The summed E-state index contributed by atoms with van der Waals surface area (Å²) in [5.74, 6) is 4.86. The Kier molecular flexibility index (Phi) is 7.57. The molecule has 21 heavy (non-hydrogen) atoms. The van der Waals surface area contributed by atoms with Crippen molar-refractivity contribution < 1.29 is 0 Å². The standard InChI is InChI=1S/C20H39N/c1-4-17-11-12-19(15-21-14-16(2)3)20(13-17)18-9-7-5-6-8-10-18/h16-21H,4-15H2,1-3H3. The van der Waals surface area contributed by atoms with Crippen LogP contribution in [0.5, 0.6) is 0 Å². The Bertz CT molecular complexity index is 265. The van der Waals surface area contributed by atoms with Crippen LogP contribution in [0.25, 0.3) is 0 Å². The quantitative estimate of drug-likeness (QED) is 0.624. The van der Waals surface area contributed by atoms with E-state index < -0.39 is 0 Å². The molecule has 0 aromatic carbocycles. The molecule has 2 aliphatic carbocycles. The van der Waals surface area contributed by atoms with Gasteiger partial charge >= 0.3 is 0 Å². The molecule has 0 saturated heterocycles. The smallest absolute Gasteiger partial charge is 0.00176 e. The van der Waals surface area contributed by atoms with Gasteiger partial charge in [0.1, 0.15) is 0 Å². The monoisotopic (exact) mass is 293 g/mol. The molecule has 0 amide bonds. The maximum Gasteiger partial charge on any atom is -0.00176 e. The normalized spacial score (nSPS) is 32.3. The molecule has 1 nitrogen and oxygen atoms in total. The molecular weight excluding hydrogens is 254 g/mol. The zero-order valence-corrected chi connectivity index (χ0v) is 14.9. The van der Waals surface area contributed by atoms with Crippen LogP contribution in [0.1, 0.15) is 85.0 Å². The van der Waals surface area contributed by atoms with Gasteiger partial charge in [-0.15, -0.1) is 0 Å². The molecule has 2 fully saturated rings. The molecule has 3 atom stereocenters. The van der Waals surface area contributed by atoms with Crippen molar-refractivity contribution in [2.24, 2.45) is 29.6 Å². The minimum Gasteiger partial charge on any atom is -0.316 e. The lowest BCUT2D eigenvalue weighted by molar-refractivity contribution is 0.106. The molecule has 1 heteroatoms. The topological polar surface area (TPSA) is 12.0 Å². The van der Waals surface area contributed by atoms with Crippen LogP contribution >= 0.6 is 0 Å². The number of hydrogen-bond donors (Lipinski definition) is 1. The molecule has 2 rings (SSSR count). The van der Waals surface area contributed by atoms with E-state index in [0.717, 1.165) is 29.6 Å². The molecule has 0 heterocycles. The van der Waals surface area contributed by atoms with Crippen LogP contribution in [0.15, 0.2) is 0 Å². The van der Waals surface area contributed by atoms with Crippen molar-refractivity contribution in [3.8, 4) is 0 Å². The van der Waals surface area contributed by atoms with E-state index in [2.05, 4.69) is 26.1 Å². The van der Waals surface area contributed by atoms with Crippen LogP contribution in [-0.4, -0.2) is 13.1 Å². The van der Waals surface area contributed by atoms with Crippen molar-refractivity contribution in [2.75, 3.05) is 13.1 Å². The number of rotatable bonds is 6. The minimum atomic E-state index is 0.785. The molecule has 3 unspecified atom stereocenters. The van der Waals surface area contributed by atoms with Crippen molar-refractivity contribution in [3.05, 3.63) is 0 Å². The fourth-order valence-electron chi connectivity index (χ4n) is 4.86. The highest BCUT2D eigenvalue weighted by Crippen LogP contribution is 2.43. The third-order valence-corrected chi connectivity index (χ3v) is 6.20. The van der Waals surface area contributed by atoms with E-state index in [0.29, 0.717) is 0 Å². The van der Waals surface area contributed by atoms with E-state index in [9.17, 15) is 0 Å². The van der Waals surface area contributed by atoms with Crippen LogP contribution in [0, 0.1) is 29.6 Å². The third-order valence-electron chi connectivity index (χ3n) is 6.20. The lowest BCUT2D eigenvalue weighted by atomic mass is 9.66. The average molecular weight is 294 g/mol. The summed E-state index contributed by atoms with van der Waals surface area (Å²) in [6.45, 7) is 9.54. The summed E-state index contributed by atoms with van der Waals surface area (Å²) in [5.41, 5.74) is 0. The fraction of sp³-hybridized carbons (Fsp3) is 1.00. The van der Waals surface area contributed by atoms with Crippen molar-refractivity contribution >= 4 is 0 Å². The molecule has 1 N–H and O–H groups in total. The predicted octanol–water partition coefficient (Wildman–Crippen LogP) is 5.64. The van der Waals surface area contributed by atoms with Gasteiger partial charge in [-0.25, -0.2) is 0 Å². The Morgan fingerprint density at radius 1 is 0.952 bits per heavy atom. The minimum absolute atomic E-state index is 0.785. The molecule has 0 bridgehead atoms. The van der Waals surface area contributed by atoms with Crippen molar-refractivity contribution in [1.82, 2.24) is 5.32 Å². The maximum atomic E-state index is 3.77. The summed E-state index contributed by atoms with van der Waals surface area (Å²) in [6.07, 6.45) is 15.0. The van der Waals surface area contributed by atoms with E-state index in [-0.39, 0.29) is 0 Å². The maximum absolute atomic E-state index is 3.77. The van der Waals surface area contributed by atoms with Crippen LogP contribution in [0.2, 0.25) is 0 Å². The van der Waals surface area contributed by atoms with Crippen LogP contribution in [0.4, 0.5) is 0 Å². The fourth-order valence-corrected chi connectivity index (χ4v) is 4.86. The lowest BCUT2D eigenvalue weighted by Crippen LogP contribution is -2.37. The first-order chi connectivity index (χ1) is 10.2. The Morgan fingerprint density at radius 3 is 2.29 bits per heavy atom. The second kappa shape index (κ2) is 9.18. The summed E-state index contributed by atoms with van der Waals surface area (Å²) in [4.78, 5) is 0. The second-order valence-electron chi connectivity index (χ2n) is 8.31. The molecule has 2 saturated carbocycles. The van der Waals surface area contributed by atoms with E-state index in [1.54, 1.807) is 0 Å². The van der Waals surface area contributed by atoms with E-state index >= 15 is 0 Å². The van der Waals surface area contributed by atoms with Crippen molar-refractivity contribution in [3.63, 3.8) is 0 Å². The second-order valence-corrected chi connectivity index (χ2v) is 8.31. The summed E-state index contributed by atoms with van der Waals surface area (Å²) in [5, 5.41) is 3.77. The molecule has 0 spiro atoms. The van der Waals surface area contributed by atoms with Gasteiger partial charge in [-0.1, -0.05) is 72.1 Å². The Balaban J connectivity index is 1.91. The largest absolute Gasteiger partial charge is 0.316 e. The number of nitrogens with one attached hydrogen (secondary N) is 1. The molecule has 2 aliphatic rings. The Morgan fingerprint density at radius 2 is 1.67 bits per heavy atom. The van der Waals surface area contributed by atoms with Gasteiger partial charge in [0.15, 0.2) is 0 Å². The Hall–Kier alpha value is -0.0400. The van der Waals surface area contributed by atoms with E-state index in [1.807, 2.05) is 0 Å². The lowest BCUT2D eigenvalue weighted by Gasteiger charge is -2.41. The summed E-state index contributed by atoms with van der Waals surface area (Å²) < 4.78 is 0. The van der Waals surface area contributed by atoms with E-state index in [1.165, 1.54) is 77.3 Å². The van der Waals surface area contributed by atoms with Gasteiger partial charge in [0.2, 0.25) is 0 Å². The van der Waals surface area contributed by atoms with Crippen LogP contribution in [-0.2, 0) is 0 Å². The first kappa shape index (κ1) is 17.3. The van der Waals surface area contributed by atoms with Gasteiger partial charge < -0.3 is 5.32 Å². The van der Waals surface area contributed by atoms with Crippen molar-refractivity contribution in [1.29, 1.82) is 0 Å². The van der Waals surface area contributed by atoms with Gasteiger partial charge in [0.25, 0.3) is 0 Å². The third kappa shape index (κ3) is 5.58. The van der Waals surface area contributed by atoms with Crippen LogP contribution in [0.3, 0.4) is 0 Å². The van der Waals surface area contributed by atoms with Gasteiger partial charge in [-0.3, -0.25) is 0 Å². The molecule has 0 aromatic heterocycles. The van der Waals surface area contributed by atoms with Gasteiger partial charge in [0.05, 0.1) is 0 Å². The Labute approximate surface area is 133 Å². The molecular formula is C20H39N. The highest BCUT2D eigenvalue weighted by molar-refractivity contribution is 4.86. The molecule has 0 aromatic rings. The SMILES string of the molecule is CCC1CCC(CNCC(C)C)C(C2CCCCCC2)C1. The average Bonchev–Trinajstić information content (AvgIpc) is 2.76. The highest BCUT2D eigenvalue weighted by atomic mass is 14.9. The zero-order valence-electron chi connectivity index (χ0n) is 14.9. The van der Waals surface area contributed by atoms with Crippen molar-refractivity contribution in [2.45, 2.75) is 85.0 Å². The summed E-state index contributed by atoms with van der Waals surface area (Å²) in [7, 11) is 0. The summed E-state index contributed by atoms with van der Waals surface area (Å²) in [6, 6.07) is 0. The predicted molar refractivity (Wildman–Crippen MR) is 93.5 cm³/mol. The van der Waals surface area contributed by atoms with Gasteiger partial charge in [-0.05, 0) is 55.5 Å². The molecule has 0 radical (unpaired) electrons. The molecule has 0 aliphatic heterocycles. The van der Waals surface area contributed by atoms with Gasteiger partial charge in [0, 0.05) is 0 Å².